The molecule has 2 aromatic rings. The summed E-state index contributed by atoms with van der Waals surface area (Å²) >= 11 is 0. The lowest BCUT2D eigenvalue weighted by Gasteiger charge is -2.26. The molecule has 1 aromatic heterocycles. The van der Waals surface area contributed by atoms with Crippen LogP contribution < -0.4 is 10.2 Å². The van der Waals surface area contributed by atoms with Crippen molar-refractivity contribution >= 4 is 5.95 Å². The van der Waals surface area contributed by atoms with Crippen LogP contribution in [0.3, 0.4) is 0 Å². The molecule has 3 rings (SSSR count). The van der Waals surface area contributed by atoms with Crippen molar-refractivity contribution in [3.05, 3.63) is 54.1 Å². The van der Waals surface area contributed by atoms with Crippen molar-refractivity contribution in [2.24, 2.45) is 0 Å². The Hall–Kier alpha value is -2.01. The molecular weight excluding hydrogens is 255 g/mol. The van der Waals surface area contributed by atoms with E-state index in [1.54, 1.807) is 24.5 Å². The predicted octanol–water partition coefficient (Wildman–Crippen LogP) is 2.02. The highest BCUT2D eigenvalue weighted by molar-refractivity contribution is 5.28. The third-order valence-electron chi connectivity index (χ3n) is 2.96. The second kappa shape index (κ2) is 7.55. The summed E-state index contributed by atoms with van der Waals surface area (Å²) in [5.74, 6) is 0.676. The number of anilines is 1. The standard InChI is InChI=1S/C8H12N4.C7H7F/c1-2-10-8(11-3-1)12-6-4-9-5-7-12;1-6-2-4-7(8)5-3-6/h1-3,9H,4-7H2;2-5H,1H3. The third-order valence-corrected chi connectivity index (χ3v) is 2.96. The van der Waals surface area contributed by atoms with Crippen molar-refractivity contribution in [2.75, 3.05) is 31.1 Å². The van der Waals surface area contributed by atoms with Gasteiger partial charge in [0.1, 0.15) is 5.82 Å². The summed E-state index contributed by atoms with van der Waals surface area (Å²) in [6, 6.07) is 8.24. The molecule has 5 heteroatoms. The van der Waals surface area contributed by atoms with Crippen LogP contribution in [-0.2, 0) is 0 Å². The maximum Gasteiger partial charge on any atom is 0.225 e. The second-order valence-corrected chi connectivity index (χ2v) is 4.58. The van der Waals surface area contributed by atoms with Crippen LogP contribution in [-0.4, -0.2) is 36.1 Å². The lowest BCUT2D eigenvalue weighted by atomic mass is 10.2. The van der Waals surface area contributed by atoms with Gasteiger partial charge < -0.3 is 10.2 Å². The molecule has 0 amide bonds. The number of nitrogens with one attached hydrogen (secondary N) is 1. The van der Waals surface area contributed by atoms with Crippen LogP contribution in [0, 0.1) is 12.7 Å². The van der Waals surface area contributed by atoms with Gasteiger partial charge in [-0.3, -0.25) is 0 Å². The van der Waals surface area contributed by atoms with Gasteiger partial charge in [-0.25, -0.2) is 14.4 Å². The summed E-state index contributed by atoms with van der Waals surface area (Å²) < 4.78 is 12.1. The SMILES string of the molecule is Cc1ccc(F)cc1.c1cnc(N2CCNCC2)nc1. The Kier molecular flexibility index (Phi) is 5.43. The van der Waals surface area contributed by atoms with Gasteiger partial charge in [-0.1, -0.05) is 17.7 Å². The quantitative estimate of drug-likeness (QED) is 0.864. The fourth-order valence-electron chi connectivity index (χ4n) is 1.85. The topological polar surface area (TPSA) is 41.1 Å². The summed E-state index contributed by atoms with van der Waals surface area (Å²) in [5.41, 5.74) is 1.09. The van der Waals surface area contributed by atoms with Crippen molar-refractivity contribution in [3.8, 4) is 0 Å². The second-order valence-electron chi connectivity index (χ2n) is 4.58. The molecule has 1 saturated heterocycles. The Morgan fingerprint density at radius 3 is 2.20 bits per heavy atom. The molecule has 1 aliphatic heterocycles. The molecule has 1 aliphatic rings. The van der Waals surface area contributed by atoms with Crippen molar-refractivity contribution in [2.45, 2.75) is 6.92 Å². The van der Waals surface area contributed by atoms with Crippen LogP contribution in [0.4, 0.5) is 10.3 Å². The first-order valence-electron chi connectivity index (χ1n) is 6.70. The van der Waals surface area contributed by atoms with Crippen LogP contribution >= 0.6 is 0 Å². The van der Waals surface area contributed by atoms with Crippen LogP contribution in [0.2, 0.25) is 0 Å². The minimum absolute atomic E-state index is 0.171. The first-order valence-corrected chi connectivity index (χ1v) is 6.70. The van der Waals surface area contributed by atoms with E-state index in [9.17, 15) is 4.39 Å². The first kappa shape index (κ1) is 14.4. The van der Waals surface area contributed by atoms with E-state index in [1.165, 1.54) is 12.1 Å². The fourth-order valence-corrected chi connectivity index (χ4v) is 1.85. The molecule has 20 heavy (non-hydrogen) atoms. The molecule has 0 saturated carbocycles. The van der Waals surface area contributed by atoms with Gasteiger partial charge in [0, 0.05) is 38.6 Å². The highest BCUT2D eigenvalue weighted by atomic mass is 19.1. The van der Waals surface area contributed by atoms with E-state index in [0.29, 0.717) is 0 Å². The van der Waals surface area contributed by atoms with Gasteiger partial charge in [0.05, 0.1) is 0 Å². The number of aromatic nitrogens is 2. The van der Waals surface area contributed by atoms with Gasteiger partial charge in [-0.15, -0.1) is 0 Å². The Morgan fingerprint density at radius 1 is 1.05 bits per heavy atom. The lowest BCUT2D eigenvalue weighted by molar-refractivity contribution is 0.580. The maximum atomic E-state index is 12.1. The van der Waals surface area contributed by atoms with Gasteiger partial charge in [-0.2, -0.15) is 0 Å². The van der Waals surface area contributed by atoms with E-state index < -0.39 is 0 Å². The molecule has 106 valence electrons. The van der Waals surface area contributed by atoms with Crippen LogP contribution in [0.1, 0.15) is 5.56 Å². The molecule has 1 N–H and O–H groups in total. The number of piperazine rings is 1. The van der Waals surface area contributed by atoms with Gasteiger partial charge in [0.25, 0.3) is 0 Å². The molecule has 0 spiro atoms. The highest BCUT2D eigenvalue weighted by Crippen LogP contribution is 2.04. The molecule has 2 heterocycles. The van der Waals surface area contributed by atoms with Gasteiger partial charge in [0.15, 0.2) is 0 Å². The molecule has 4 nitrogen and oxygen atoms in total. The zero-order chi connectivity index (χ0) is 14.2. The molecule has 0 aliphatic carbocycles. The summed E-state index contributed by atoms with van der Waals surface area (Å²) in [7, 11) is 0. The number of hydrogen-bond donors (Lipinski definition) is 1. The van der Waals surface area contributed by atoms with E-state index >= 15 is 0 Å². The Morgan fingerprint density at radius 2 is 1.65 bits per heavy atom. The largest absolute Gasteiger partial charge is 0.338 e. The van der Waals surface area contributed by atoms with Gasteiger partial charge in [0.2, 0.25) is 5.95 Å². The maximum absolute atomic E-state index is 12.1. The molecule has 0 radical (unpaired) electrons. The lowest BCUT2D eigenvalue weighted by Crippen LogP contribution is -2.44. The highest BCUT2D eigenvalue weighted by Gasteiger charge is 2.11. The third kappa shape index (κ3) is 4.59. The van der Waals surface area contributed by atoms with Crippen molar-refractivity contribution < 1.29 is 4.39 Å². The number of aryl methyl sites for hydroxylation is 1. The molecule has 0 unspecified atom stereocenters. The van der Waals surface area contributed by atoms with Crippen LogP contribution in [0.15, 0.2) is 42.7 Å². The number of nitrogens with zero attached hydrogens (tertiary/aromatic N) is 3. The average molecular weight is 274 g/mol. The minimum atomic E-state index is -0.171. The van der Waals surface area contributed by atoms with Crippen LogP contribution in [0.25, 0.3) is 0 Å². The zero-order valence-corrected chi connectivity index (χ0v) is 11.6. The van der Waals surface area contributed by atoms with E-state index in [1.807, 2.05) is 13.0 Å². The number of halogens is 1. The van der Waals surface area contributed by atoms with Gasteiger partial charge in [-0.05, 0) is 25.1 Å². The van der Waals surface area contributed by atoms with E-state index in [2.05, 4.69) is 20.2 Å². The Bertz CT molecular complexity index is 474. The molecule has 1 fully saturated rings. The smallest absolute Gasteiger partial charge is 0.225 e. The summed E-state index contributed by atoms with van der Waals surface area (Å²) in [6.45, 7) is 5.99. The van der Waals surface area contributed by atoms with E-state index in [0.717, 1.165) is 37.7 Å². The first-order chi connectivity index (χ1) is 9.75. The summed E-state index contributed by atoms with van der Waals surface area (Å²) in [6.07, 6.45) is 3.56. The Balaban J connectivity index is 0.000000160. The van der Waals surface area contributed by atoms with Gasteiger partial charge >= 0.3 is 0 Å². The number of hydrogen-bond acceptors (Lipinski definition) is 4. The van der Waals surface area contributed by atoms with Crippen LogP contribution in [0.5, 0.6) is 0 Å². The predicted molar refractivity (Wildman–Crippen MR) is 78.3 cm³/mol. The number of benzene rings is 1. The van der Waals surface area contributed by atoms with E-state index in [-0.39, 0.29) is 5.82 Å². The molecule has 0 atom stereocenters. The average Bonchev–Trinajstić information content (AvgIpc) is 2.53. The molecule has 0 bridgehead atoms. The zero-order valence-electron chi connectivity index (χ0n) is 11.6. The van der Waals surface area contributed by atoms with Crippen molar-refractivity contribution in [1.82, 2.24) is 15.3 Å². The van der Waals surface area contributed by atoms with Crippen molar-refractivity contribution in [1.29, 1.82) is 0 Å². The Labute approximate surface area is 118 Å². The van der Waals surface area contributed by atoms with E-state index in [4.69, 9.17) is 0 Å². The molecule has 1 aromatic carbocycles. The monoisotopic (exact) mass is 274 g/mol. The number of rotatable bonds is 1. The fraction of sp³-hybridized carbons (Fsp3) is 0.333. The summed E-state index contributed by atoms with van der Waals surface area (Å²) in [4.78, 5) is 10.6. The normalized spacial score (nSPS) is 14.4. The van der Waals surface area contributed by atoms with Crippen molar-refractivity contribution in [3.63, 3.8) is 0 Å². The molecular formula is C15H19FN4. The summed E-state index contributed by atoms with van der Waals surface area (Å²) in [5, 5.41) is 3.29. The minimum Gasteiger partial charge on any atom is -0.338 e.